The van der Waals surface area contributed by atoms with Crippen LogP contribution in [0.3, 0.4) is 0 Å². The van der Waals surface area contributed by atoms with E-state index in [1.54, 1.807) is 4.90 Å². The summed E-state index contributed by atoms with van der Waals surface area (Å²) in [7, 11) is 1.45. The number of methoxy groups -OCH3 is 1. The second-order valence-corrected chi connectivity index (χ2v) is 7.12. The van der Waals surface area contributed by atoms with Crippen LogP contribution in [0.15, 0.2) is 0 Å². The third-order valence-electron chi connectivity index (χ3n) is 4.35. The van der Waals surface area contributed by atoms with Gasteiger partial charge in [0.2, 0.25) is 0 Å². The maximum Gasteiger partial charge on any atom is 0.410 e. The number of nitrogens with zero attached hydrogens (tertiary/aromatic N) is 2. The lowest BCUT2D eigenvalue weighted by atomic mass is 10.0. The molecule has 0 aromatic rings. The van der Waals surface area contributed by atoms with Crippen molar-refractivity contribution in [1.29, 1.82) is 0 Å². The largest absolute Gasteiger partial charge is 0.468 e. The van der Waals surface area contributed by atoms with Gasteiger partial charge in [-0.05, 0) is 53.0 Å². The van der Waals surface area contributed by atoms with E-state index < -0.39 is 5.60 Å². The number of amides is 1. The van der Waals surface area contributed by atoms with Gasteiger partial charge in [0, 0.05) is 19.1 Å². The summed E-state index contributed by atoms with van der Waals surface area (Å²) < 4.78 is 10.3. The van der Waals surface area contributed by atoms with Gasteiger partial charge < -0.3 is 14.4 Å². The number of ether oxygens (including phenoxy) is 2. The molecular weight excluding hydrogens is 284 g/mol. The van der Waals surface area contributed by atoms with Crippen molar-refractivity contribution in [3.05, 3.63) is 0 Å². The fourth-order valence-electron chi connectivity index (χ4n) is 3.32. The molecule has 0 aliphatic carbocycles. The van der Waals surface area contributed by atoms with Crippen LogP contribution in [0, 0.1) is 0 Å². The van der Waals surface area contributed by atoms with Gasteiger partial charge in [-0.1, -0.05) is 0 Å². The van der Waals surface area contributed by atoms with Gasteiger partial charge in [0.05, 0.1) is 7.11 Å². The molecule has 0 aromatic carbocycles. The van der Waals surface area contributed by atoms with Crippen molar-refractivity contribution < 1.29 is 19.1 Å². The highest BCUT2D eigenvalue weighted by Crippen LogP contribution is 2.27. The lowest BCUT2D eigenvalue weighted by Gasteiger charge is -2.38. The summed E-state index contributed by atoms with van der Waals surface area (Å²) in [4.78, 5) is 28.0. The zero-order valence-electron chi connectivity index (χ0n) is 14.1. The smallest absolute Gasteiger partial charge is 0.410 e. The number of rotatable bonds is 2. The second kappa shape index (κ2) is 6.86. The minimum Gasteiger partial charge on any atom is -0.468 e. The van der Waals surface area contributed by atoms with Crippen molar-refractivity contribution in [3.8, 4) is 0 Å². The number of piperidine rings is 1. The van der Waals surface area contributed by atoms with Crippen LogP contribution in [0.5, 0.6) is 0 Å². The van der Waals surface area contributed by atoms with E-state index in [4.69, 9.17) is 9.47 Å². The van der Waals surface area contributed by atoms with E-state index in [-0.39, 0.29) is 18.1 Å². The Morgan fingerprint density at radius 3 is 2.23 bits per heavy atom. The molecular formula is C16H28N2O4. The SMILES string of the molecule is COC(=O)[C@@H]1CCCN1C1CCN(C(=O)OC(C)(C)C)CC1. The molecule has 0 radical (unpaired) electrons. The van der Waals surface area contributed by atoms with Gasteiger partial charge in [0.1, 0.15) is 11.6 Å². The van der Waals surface area contributed by atoms with E-state index in [1.807, 2.05) is 20.8 Å². The molecule has 1 atom stereocenters. The second-order valence-electron chi connectivity index (χ2n) is 7.12. The Kier molecular flexibility index (Phi) is 5.32. The highest BCUT2D eigenvalue weighted by molar-refractivity contribution is 5.76. The van der Waals surface area contributed by atoms with Crippen LogP contribution in [0.1, 0.15) is 46.5 Å². The predicted molar refractivity (Wildman–Crippen MR) is 82.6 cm³/mol. The Hall–Kier alpha value is -1.30. The van der Waals surface area contributed by atoms with E-state index >= 15 is 0 Å². The summed E-state index contributed by atoms with van der Waals surface area (Å²) in [5.74, 6) is -0.132. The summed E-state index contributed by atoms with van der Waals surface area (Å²) >= 11 is 0. The molecule has 2 heterocycles. The monoisotopic (exact) mass is 312 g/mol. The fourth-order valence-corrected chi connectivity index (χ4v) is 3.32. The van der Waals surface area contributed by atoms with Crippen LogP contribution in [0.4, 0.5) is 4.79 Å². The molecule has 126 valence electrons. The quantitative estimate of drug-likeness (QED) is 0.730. The van der Waals surface area contributed by atoms with Crippen LogP contribution in [-0.2, 0) is 14.3 Å². The molecule has 0 spiro atoms. The topological polar surface area (TPSA) is 59.1 Å². The Labute approximate surface area is 132 Å². The van der Waals surface area contributed by atoms with E-state index in [1.165, 1.54) is 7.11 Å². The van der Waals surface area contributed by atoms with Crippen LogP contribution in [-0.4, -0.2) is 66.3 Å². The summed E-state index contributed by atoms with van der Waals surface area (Å²) in [6.45, 7) is 7.94. The summed E-state index contributed by atoms with van der Waals surface area (Å²) in [5, 5.41) is 0. The molecule has 2 saturated heterocycles. The Morgan fingerprint density at radius 2 is 1.68 bits per heavy atom. The van der Waals surface area contributed by atoms with Crippen molar-refractivity contribution in [3.63, 3.8) is 0 Å². The Morgan fingerprint density at radius 1 is 1.05 bits per heavy atom. The molecule has 0 bridgehead atoms. The van der Waals surface area contributed by atoms with Crippen LogP contribution in [0.25, 0.3) is 0 Å². The van der Waals surface area contributed by atoms with Gasteiger partial charge in [-0.2, -0.15) is 0 Å². The molecule has 0 saturated carbocycles. The molecule has 1 amide bonds. The summed E-state index contributed by atoms with van der Waals surface area (Å²) in [6, 6.07) is 0.244. The maximum atomic E-state index is 12.1. The van der Waals surface area contributed by atoms with Gasteiger partial charge in [0.25, 0.3) is 0 Å². The zero-order valence-corrected chi connectivity index (χ0v) is 14.1. The molecule has 6 nitrogen and oxygen atoms in total. The zero-order chi connectivity index (χ0) is 16.3. The lowest BCUT2D eigenvalue weighted by molar-refractivity contribution is -0.147. The Bertz CT molecular complexity index is 411. The van der Waals surface area contributed by atoms with Crippen molar-refractivity contribution in [2.24, 2.45) is 0 Å². The first-order valence-electron chi connectivity index (χ1n) is 8.13. The highest BCUT2D eigenvalue weighted by Gasteiger charge is 2.38. The number of esters is 1. The van der Waals surface area contributed by atoms with Gasteiger partial charge in [-0.3, -0.25) is 9.69 Å². The number of hydrogen-bond acceptors (Lipinski definition) is 5. The molecule has 0 unspecified atom stereocenters. The predicted octanol–water partition coefficient (Wildman–Crippen LogP) is 2.02. The average molecular weight is 312 g/mol. The molecule has 2 aliphatic rings. The van der Waals surface area contributed by atoms with Crippen molar-refractivity contribution in [1.82, 2.24) is 9.80 Å². The van der Waals surface area contributed by atoms with Gasteiger partial charge >= 0.3 is 12.1 Å². The number of carbonyl (C=O) groups excluding carboxylic acids is 2. The van der Waals surface area contributed by atoms with E-state index in [0.717, 1.165) is 32.2 Å². The van der Waals surface area contributed by atoms with Crippen LogP contribution in [0.2, 0.25) is 0 Å². The fraction of sp³-hybridized carbons (Fsp3) is 0.875. The van der Waals surface area contributed by atoms with E-state index in [0.29, 0.717) is 19.1 Å². The molecule has 2 aliphatic heterocycles. The Balaban J connectivity index is 1.87. The third-order valence-corrected chi connectivity index (χ3v) is 4.35. The van der Waals surface area contributed by atoms with Crippen LogP contribution < -0.4 is 0 Å². The minimum atomic E-state index is -0.459. The number of likely N-dealkylation sites (tertiary alicyclic amines) is 2. The molecule has 2 fully saturated rings. The molecule has 6 heteroatoms. The lowest BCUT2D eigenvalue weighted by Crippen LogP contribution is -2.50. The van der Waals surface area contributed by atoms with E-state index in [2.05, 4.69) is 4.90 Å². The van der Waals surface area contributed by atoms with E-state index in [9.17, 15) is 9.59 Å². The van der Waals surface area contributed by atoms with Crippen LogP contribution >= 0.6 is 0 Å². The maximum absolute atomic E-state index is 12.1. The van der Waals surface area contributed by atoms with Crippen molar-refractivity contribution in [2.45, 2.75) is 64.1 Å². The summed E-state index contributed by atoms with van der Waals surface area (Å²) in [5.41, 5.74) is -0.459. The number of hydrogen-bond donors (Lipinski definition) is 0. The van der Waals surface area contributed by atoms with Gasteiger partial charge in [0.15, 0.2) is 0 Å². The molecule has 0 N–H and O–H groups in total. The molecule has 2 rings (SSSR count). The van der Waals surface area contributed by atoms with Gasteiger partial charge in [-0.25, -0.2) is 4.79 Å². The standard InChI is InChI=1S/C16H28N2O4/c1-16(2,3)22-15(20)17-10-7-12(8-11-17)18-9-5-6-13(18)14(19)21-4/h12-13H,5-11H2,1-4H3/t13-/m0/s1. The average Bonchev–Trinajstić information content (AvgIpc) is 2.94. The van der Waals surface area contributed by atoms with Gasteiger partial charge in [-0.15, -0.1) is 0 Å². The third kappa shape index (κ3) is 4.12. The minimum absolute atomic E-state index is 0.108. The molecule has 0 aromatic heterocycles. The van der Waals surface area contributed by atoms with Crippen molar-refractivity contribution >= 4 is 12.1 Å². The van der Waals surface area contributed by atoms with Crippen molar-refractivity contribution in [2.75, 3.05) is 26.7 Å². The first-order valence-corrected chi connectivity index (χ1v) is 8.13. The first-order chi connectivity index (χ1) is 10.3. The molecule has 22 heavy (non-hydrogen) atoms. The first kappa shape index (κ1) is 17.1. The number of carbonyl (C=O) groups is 2. The normalized spacial score (nSPS) is 24.4. The highest BCUT2D eigenvalue weighted by atomic mass is 16.6. The summed E-state index contributed by atoms with van der Waals surface area (Å²) in [6.07, 6.45) is 3.43.